The molecule has 3 heteroatoms. The minimum Gasteiger partial charge on any atom is -0.329 e. The monoisotopic (exact) mass is 211 g/mol. The molecule has 74 valence electrons. The van der Waals surface area contributed by atoms with E-state index in [1.165, 1.54) is 11.3 Å². The van der Waals surface area contributed by atoms with E-state index in [-0.39, 0.29) is 0 Å². The molecule has 0 saturated heterocycles. The summed E-state index contributed by atoms with van der Waals surface area (Å²) >= 11 is 0. The fraction of sp³-hybridized carbons (Fsp3) is 0.700. The zero-order valence-electron chi connectivity index (χ0n) is 9.95. The molecule has 0 aliphatic carbocycles. The van der Waals surface area contributed by atoms with Gasteiger partial charge in [0.15, 0.2) is 7.75 Å². The van der Waals surface area contributed by atoms with E-state index in [4.69, 9.17) is 4.66 Å². The molecule has 0 atom stereocenters. The topological polar surface area (TPSA) is 12.4 Å². The minimum atomic E-state index is -1.32. The number of allylic oxidation sites excluding steroid dienone is 2. The molecular weight excluding hydrogens is 190 g/mol. The van der Waals surface area contributed by atoms with Crippen LogP contribution in [0.2, 0.25) is 26.2 Å². The zero-order valence-corrected chi connectivity index (χ0v) is 11.9. The molecule has 0 unspecified atom stereocenters. The Kier molecular flexibility index (Phi) is 2.45. The van der Waals surface area contributed by atoms with Crippen LogP contribution in [0.1, 0.15) is 20.8 Å². The fourth-order valence-corrected chi connectivity index (χ4v) is 9.82. The first-order chi connectivity index (χ1) is 5.70. The Bertz CT molecular complexity index is 298. The molecule has 0 spiro atoms. The molecule has 0 radical (unpaired) electrons. The van der Waals surface area contributed by atoms with Crippen molar-refractivity contribution in [3.8, 4) is 0 Å². The molecule has 1 aliphatic rings. The maximum atomic E-state index is 4.96. The van der Waals surface area contributed by atoms with Crippen molar-refractivity contribution < 1.29 is 0 Å². The van der Waals surface area contributed by atoms with E-state index in [1.807, 2.05) is 0 Å². The van der Waals surface area contributed by atoms with Gasteiger partial charge in [-0.2, -0.15) is 0 Å². The van der Waals surface area contributed by atoms with Gasteiger partial charge in [-0.25, -0.2) is 0 Å². The van der Waals surface area contributed by atoms with E-state index < -0.39 is 15.3 Å². The number of nitrogens with zero attached hydrogens (tertiary/aromatic N) is 1. The normalized spacial score (nSPS) is 25.9. The molecular formula is C10H21NSi2. The van der Waals surface area contributed by atoms with Crippen LogP contribution in [-0.4, -0.2) is 21.1 Å². The highest BCUT2D eigenvalue weighted by Crippen LogP contribution is 2.33. The van der Waals surface area contributed by atoms with Gasteiger partial charge in [0.1, 0.15) is 0 Å². The standard InChI is InChI=1S/C10H21NSi2/c1-8-9(2)11-13(6,7)12(4,5)10(8)3/h1-7H3. The van der Waals surface area contributed by atoms with Gasteiger partial charge in [-0.05, 0) is 26.3 Å². The summed E-state index contributed by atoms with van der Waals surface area (Å²) < 4.78 is 4.96. The number of rotatable bonds is 0. The molecule has 0 saturated carbocycles. The predicted octanol–water partition coefficient (Wildman–Crippen LogP) is 3.33. The SMILES string of the molecule is CC1=N[Si](C)(C)[Si](C)(C)C(C)=C1C. The van der Waals surface area contributed by atoms with Gasteiger partial charge in [0.05, 0.1) is 7.59 Å². The van der Waals surface area contributed by atoms with E-state index in [9.17, 15) is 0 Å². The van der Waals surface area contributed by atoms with Crippen molar-refractivity contribution in [2.45, 2.75) is 47.0 Å². The Morgan fingerprint density at radius 2 is 1.38 bits per heavy atom. The second-order valence-electron chi connectivity index (χ2n) is 5.13. The highest BCUT2D eigenvalue weighted by atomic mass is 29.3. The molecule has 0 fully saturated rings. The van der Waals surface area contributed by atoms with Gasteiger partial charge in [0.25, 0.3) is 0 Å². The molecule has 0 bridgehead atoms. The van der Waals surface area contributed by atoms with Crippen LogP contribution in [0.25, 0.3) is 0 Å². The summed E-state index contributed by atoms with van der Waals surface area (Å²) in [6.07, 6.45) is 0. The molecule has 1 rings (SSSR count). The summed E-state index contributed by atoms with van der Waals surface area (Å²) in [5.41, 5.74) is 2.75. The maximum Gasteiger partial charge on any atom is 0.169 e. The lowest BCUT2D eigenvalue weighted by Gasteiger charge is -2.40. The number of hydrogen-bond acceptors (Lipinski definition) is 1. The zero-order chi connectivity index (χ0) is 10.4. The van der Waals surface area contributed by atoms with Crippen molar-refractivity contribution in [3.05, 3.63) is 10.8 Å². The van der Waals surface area contributed by atoms with Crippen molar-refractivity contribution >= 4 is 21.1 Å². The van der Waals surface area contributed by atoms with Gasteiger partial charge in [-0.1, -0.05) is 31.4 Å². The van der Waals surface area contributed by atoms with Crippen LogP contribution in [-0.2, 0) is 0 Å². The second-order valence-corrected chi connectivity index (χ2v) is 19.9. The Hall–Kier alpha value is -0.156. The van der Waals surface area contributed by atoms with Crippen LogP contribution < -0.4 is 0 Å². The molecule has 1 nitrogen and oxygen atoms in total. The molecule has 0 aromatic rings. The smallest absolute Gasteiger partial charge is 0.169 e. The van der Waals surface area contributed by atoms with Gasteiger partial charge >= 0.3 is 0 Å². The Labute approximate surface area is 83.9 Å². The van der Waals surface area contributed by atoms with Crippen LogP contribution >= 0.6 is 0 Å². The first kappa shape index (κ1) is 10.9. The van der Waals surface area contributed by atoms with Crippen LogP contribution in [0, 0.1) is 0 Å². The number of hydrogen-bond donors (Lipinski definition) is 0. The summed E-state index contributed by atoms with van der Waals surface area (Å²) in [6.45, 7) is 16.5. The quantitative estimate of drug-likeness (QED) is 0.545. The molecule has 1 heterocycles. The van der Waals surface area contributed by atoms with Crippen molar-refractivity contribution in [2.24, 2.45) is 4.66 Å². The third-order valence-electron chi connectivity index (χ3n) is 4.02. The van der Waals surface area contributed by atoms with Crippen molar-refractivity contribution in [2.75, 3.05) is 0 Å². The minimum absolute atomic E-state index is 1.20. The molecule has 1 aliphatic heterocycles. The van der Waals surface area contributed by atoms with Crippen molar-refractivity contribution in [1.82, 2.24) is 0 Å². The average Bonchev–Trinajstić information content (AvgIpc) is 1.98. The third-order valence-corrected chi connectivity index (χ3v) is 20.9. The maximum absolute atomic E-state index is 4.96. The Morgan fingerprint density at radius 1 is 0.923 bits per heavy atom. The Morgan fingerprint density at radius 3 is 1.85 bits per heavy atom. The first-order valence-corrected chi connectivity index (χ1v) is 11.9. The predicted molar refractivity (Wildman–Crippen MR) is 66.4 cm³/mol. The second kappa shape index (κ2) is 2.92. The van der Waals surface area contributed by atoms with Gasteiger partial charge in [0, 0.05) is 5.71 Å². The first-order valence-electron chi connectivity index (χ1n) is 4.95. The summed E-state index contributed by atoms with van der Waals surface area (Å²) in [7, 11) is -2.51. The lowest BCUT2D eigenvalue weighted by molar-refractivity contribution is 1.37. The summed E-state index contributed by atoms with van der Waals surface area (Å²) in [5.74, 6) is 0. The van der Waals surface area contributed by atoms with Crippen molar-refractivity contribution in [3.63, 3.8) is 0 Å². The highest BCUT2D eigenvalue weighted by Gasteiger charge is 2.45. The van der Waals surface area contributed by atoms with Crippen LogP contribution in [0.15, 0.2) is 15.4 Å². The van der Waals surface area contributed by atoms with E-state index in [2.05, 4.69) is 47.0 Å². The Balaban J connectivity index is 3.32. The van der Waals surface area contributed by atoms with Crippen LogP contribution in [0.4, 0.5) is 0 Å². The summed E-state index contributed by atoms with van der Waals surface area (Å²) in [4.78, 5) is 0. The van der Waals surface area contributed by atoms with Gasteiger partial charge < -0.3 is 4.66 Å². The van der Waals surface area contributed by atoms with Gasteiger partial charge in [-0.15, -0.1) is 0 Å². The fourth-order valence-electron chi connectivity index (χ4n) is 1.84. The van der Waals surface area contributed by atoms with Crippen LogP contribution in [0.3, 0.4) is 0 Å². The van der Waals surface area contributed by atoms with E-state index >= 15 is 0 Å². The summed E-state index contributed by atoms with van der Waals surface area (Å²) in [6, 6.07) is 0. The average molecular weight is 211 g/mol. The molecule has 0 aromatic heterocycles. The summed E-state index contributed by atoms with van der Waals surface area (Å²) in [5, 5.41) is 1.68. The lowest BCUT2D eigenvalue weighted by atomic mass is 10.2. The largest absolute Gasteiger partial charge is 0.329 e. The van der Waals surface area contributed by atoms with Crippen molar-refractivity contribution in [1.29, 1.82) is 0 Å². The lowest BCUT2D eigenvalue weighted by Crippen LogP contribution is -2.57. The van der Waals surface area contributed by atoms with E-state index in [1.54, 1.807) is 5.20 Å². The molecule has 0 amide bonds. The molecule has 0 N–H and O–H groups in total. The van der Waals surface area contributed by atoms with Crippen LogP contribution in [0.5, 0.6) is 0 Å². The van der Waals surface area contributed by atoms with Gasteiger partial charge in [0.2, 0.25) is 0 Å². The van der Waals surface area contributed by atoms with E-state index in [0.717, 1.165) is 0 Å². The third kappa shape index (κ3) is 1.48. The molecule has 0 aromatic carbocycles. The highest BCUT2D eigenvalue weighted by molar-refractivity contribution is 7.43. The molecule has 13 heavy (non-hydrogen) atoms. The van der Waals surface area contributed by atoms with E-state index in [0.29, 0.717) is 0 Å². The van der Waals surface area contributed by atoms with Gasteiger partial charge in [-0.3, -0.25) is 0 Å².